The molecule has 23 heavy (non-hydrogen) atoms. The number of rotatable bonds is 2. The molecule has 0 fully saturated rings. The van der Waals surface area contributed by atoms with Gasteiger partial charge < -0.3 is 5.32 Å². The van der Waals surface area contributed by atoms with Crippen molar-refractivity contribution in [3.8, 4) is 0 Å². The summed E-state index contributed by atoms with van der Waals surface area (Å²) < 4.78 is 1.05. The number of amides is 1. The maximum atomic E-state index is 12.3. The lowest BCUT2D eigenvalue weighted by molar-refractivity contribution is -0.384. The van der Waals surface area contributed by atoms with E-state index in [0.717, 1.165) is 4.68 Å². The first-order valence-electron chi connectivity index (χ1n) is 6.34. The number of nitro benzene ring substituents is 1. The molecular weight excluding hydrogens is 343 g/mol. The average molecular weight is 351 g/mol. The van der Waals surface area contributed by atoms with Gasteiger partial charge in [-0.05, 0) is 24.3 Å². The minimum absolute atomic E-state index is 0.124. The fraction of sp³-hybridized carbons (Fsp3) is 0. The third-order valence-electron chi connectivity index (χ3n) is 3.13. The number of benzene rings is 2. The number of aromatic nitrogens is 2. The van der Waals surface area contributed by atoms with Gasteiger partial charge in [-0.2, -0.15) is 9.78 Å². The van der Waals surface area contributed by atoms with Gasteiger partial charge in [-0.25, -0.2) is 4.79 Å². The Morgan fingerprint density at radius 2 is 1.96 bits per heavy atom. The molecule has 0 atom stereocenters. The van der Waals surface area contributed by atoms with Crippen LogP contribution in [0.15, 0.2) is 42.6 Å². The van der Waals surface area contributed by atoms with Crippen molar-refractivity contribution in [2.75, 3.05) is 5.32 Å². The molecule has 0 aliphatic heterocycles. The second-order valence-corrected chi connectivity index (χ2v) is 5.43. The second-order valence-electron chi connectivity index (χ2n) is 4.62. The molecule has 1 amide bonds. The van der Waals surface area contributed by atoms with Gasteiger partial charge in [0.1, 0.15) is 0 Å². The summed E-state index contributed by atoms with van der Waals surface area (Å²) >= 11 is 11.7. The normalized spacial score (nSPS) is 10.7. The van der Waals surface area contributed by atoms with E-state index in [4.69, 9.17) is 23.2 Å². The minimum atomic E-state index is -0.570. The number of nitro groups is 1. The highest BCUT2D eigenvalue weighted by atomic mass is 35.5. The Balaban J connectivity index is 1.95. The summed E-state index contributed by atoms with van der Waals surface area (Å²) in [6.07, 6.45) is 1.45. The lowest BCUT2D eigenvalue weighted by Gasteiger charge is -2.07. The molecular formula is C14H8Cl2N4O3. The third-order valence-corrected chi connectivity index (χ3v) is 3.87. The SMILES string of the molecule is O=C(Nc1ccc(Cl)c(Cl)c1)n1ncc2ccc([N+](=O)[O-])cc21. The van der Waals surface area contributed by atoms with E-state index in [9.17, 15) is 14.9 Å². The first-order chi connectivity index (χ1) is 11.0. The summed E-state index contributed by atoms with van der Waals surface area (Å²) in [7, 11) is 0. The quantitative estimate of drug-likeness (QED) is 0.550. The van der Waals surface area contributed by atoms with Gasteiger partial charge in [-0.1, -0.05) is 23.2 Å². The highest BCUT2D eigenvalue weighted by molar-refractivity contribution is 6.42. The summed E-state index contributed by atoms with van der Waals surface area (Å²) in [4.78, 5) is 22.6. The van der Waals surface area contributed by atoms with Gasteiger partial charge in [0.15, 0.2) is 0 Å². The Morgan fingerprint density at radius 1 is 1.17 bits per heavy atom. The third kappa shape index (κ3) is 2.96. The standard InChI is InChI=1S/C14H8Cl2N4O3/c15-11-4-2-9(5-12(11)16)18-14(21)19-13-6-10(20(22)23)3-1-8(13)7-17-19/h1-7H,(H,18,21). The molecule has 116 valence electrons. The maximum Gasteiger partial charge on any atom is 0.347 e. The van der Waals surface area contributed by atoms with Crippen LogP contribution in [0.5, 0.6) is 0 Å². The Labute approximate surface area is 139 Å². The molecule has 0 radical (unpaired) electrons. The van der Waals surface area contributed by atoms with Gasteiger partial charge in [-0.15, -0.1) is 0 Å². The number of halogens is 2. The van der Waals surface area contributed by atoms with E-state index in [1.165, 1.54) is 30.5 Å². The monoisotopic (exact) mass is 350 g/mol. The van der Waals surface area contributed by atoms with Gasteiger partial charge in [-0.3, -0.25) is 10.1 Å². The van der Waals surface area contributed by atoms with Crippen molar-refractivity contribution >= 4 is 51.5 Å². The van der Waals surface area contributed by atoms with Gasteiger partial charge in [0.05, 0.1) is 26.7 Å². The van der Waals surface area contributed by atoms with Crippen molar-refractivity contribution in [2.24, 2.45) is 0 Å². The van der Waals surface area contributed by atoms with Gasteiger partial charge in [0, 0.05) is 23.2 Å². The molecule has 0 aliphatic rings. The first-order valence-corrected chi connectivity index (χ1v) is 7.10. The lowest BCUT2D eigenvalue weighted by Crippen LogP contribution is -2.20. The molecule has 0 unspecified atom stereocenters. The van der Waals surface area contributed by atoms with E-state index in [0.29, 0.717) is 26.6 Å². The number of nitrogens with zero attached hydrogens (tertiary/aromatic N) is 3. The van der Waals surface area contributed by atoms with Crippen LogP contribution in [-0.4, -0.2) is 20.7 Å². The Bertz CT molecular complexity index is 939. The lowest BCUT2D eigenvalue weighted by atomic mass is 10.2. The van der Waals surface area contributed by atoms with Crippen LogP contribution in [0.1, 0.15) is 0 Å². The zero-order chi connectivity index (χ0) is 16.6. The second kappa shape index (κ2) is 5.86. The molecule has 3 rings (SSSR count). The van der Waals surface area contributed by atoms with Crippen molar-refractivity contribution in [1.29, 1.82) is 0 Å². The number of nitrogens with one attached hydrogen (secondary N) is 1. The molecule has 0 aliphatic carbocycles. The van der Waals surface area contributed by atoms with Crippen LogP contribution < -0.4 is 5.32 Å². The Hall–Kier alpha value is -2.64. The highest BCUT2D eigenvalue weighted by Gasteiger charge is 2.15. The van der Waals surface area contributed by atoms with Crippen molar-refractivity contribution in [3.63, 3.8) is 0 Å². The predicted octanol–water partition coefficient (Wildman–Crippen LogP) is 4.33. The Morgan fingerprint density at radius 3 is 2.65 bits per heavy atom. The molecule has 0 saturated carbocycles. The molecule has 9 heteroatoms. The maximum absolute atomic E-state index is 12.3. The molecule has 0 bridgehead atoms. The zero-order valence-corrected chi connectivity index (χ0v) is 12.9. The highest BCUT2D eigenvalue weighted by Crippen LogP contribution is 2.25. The summed E-state index contributed by atoms with van der Waals surface area (Å²) in [5.74, 6) is 0. The van der Waals surface area contributed by atoms with Gasteiger partial charge in [0.25, 0.3) is 5.69 Å². The molecule has 0 spiro atoms. The predicted molar refractivity (Wildman–Crippen MR) is 87.3 cm³/mol. The zero-order valence-electron chi connectivity index (χ0n) is 11.4. The van der Waals surface area contributed by atoms with Crippen molar-refractivity contribution in [1.82, 2.24) is 9.78 Å². The molecule has 3 aromatic rings. The van der Waals surface area contributed by atoms with Gasteiger partial charge >= 0.3 is 6.03 Å². The van der Waals surface area contributed by atoms with E-state index >= 15 is 0 Å². The number of carbonyl (C=O) groups is 1. The van der Waals surface area contributed by atoms with E-state index in [2.05, 4.69) is 10.4 Å². The molecule has 7 nitrogen and oxygen atoms in total. The summed E-state index contributed by atoms with van der Waals surface area (Å²) in [6, 6.07) is 8.23. The fourth-order valence-electron chi connectivity index (χ4n) is 2.03. The van der Waals surface area contributed by atoms with E-state index in [-0.39, 0.29) is 5.69 Å². The molecule has 0 saturated heterocycles. The molecule has 1 heterocycles. The smallest absolute Gasteiger partial charge is 0.306 e. The average Bonchev–Trinajstić information content (AvgIpc) is 2.94. The van der Waals surface area contributed by atoms with Crippen LogP contribution in [0.4, 0.5) is 16.2 Å². The molecule has 1 aromatic heterocycles. The molecule has 2 aromatic carbocycles. The van der Waals surface area contributed by atoms with E-state index < -0.39 is 11.0 Å². The van der Waals surface area contributed by atoms with Gasteiger partial charge in [0.2, 0.25) is 0 Å². The van der Waals surface area contributed by atoms with Crippen LogP contribution in [0.3, 0.4) is 0 Å². The van der Waals surface area contributed by atoms with Crippen molar-refractivity contribution in [2.45, 2.75) is 0 Å². The van der Waals surface area contributed by atoms with Crippen LogP contribution >= 0.6 is 23.2 Å². The summed E-state index contributed by atoms with van der Waals surface area (Å²) in [5, 5.41) is 18.7. The number of fused-ring (bicyclic) bond motifs is 1. The largest absolute Gasteiger partial charge is 0.347 e. The van der Waals surface area contributed by atoms with Crippen molar-refractivity contribution < 1.29 is 9.72 Å². The summed E-state index contributed by atoms with van der Waals surface area (Å²) in [5.41, 5.74) is 0.636. The van der Waals surface area contributed by atoms with E-state index in [1.54, 1.807) is 12.1 Å². The Kier molecular flexibility index (Phi) is 3.89. The number of hydrogen-bond acceptors (Lipinski definition) is 4. The number of hydrogen-bond donors (Lipinski definition) is 1. The topological polar surface area (TPSA) is 90.1 Å². The number of carbonyl (C=O) groups excluding carboxylic acids is 1. The minimum Gasteiger partial charge on any atom is -0.306 e. The summed E-state index contributed by atoms with van der Waals surface area (Å²) in [6.45, 7) is 0. The fourth-order valence-corrected chi connectivity index (χ4v) is 2.33. The number of anilines is 1. The van der Waals surface area contributed by atoms with Crippen molar-refractivity contribution in [3.05, 3.63) is 62.8 Å². The molecule has 1 N–H and O–H groups in total. The number of non-ortho nitro benzene ring substituents is 1. The van der Waals surface area contributed by atoms with Crippen LogP contribution in [-0.2, 0) is 0 Å². The van der Waals surface area contributed by atoms with Crippen LogP contribution in [0, 0.1) is 10.1 Å². The van der Waals surface area contributed by atoms with Crippen LogP contribution in [0.25, 0.3) is 10.9 Å². The van der Waals surface area contributed by atoms with E-state index in [1.807, 2.05) is 0 Å². The first kappa shape index (κ1) is 15.3. The van der Waals surface area contributed by atoms with Crippen LogP contribution in [0.2, 0.25) is 10.0 Å².